The molecule has 1 atom stereocenters. The smallest absolute Gasteiger partial charge is 0.126 e. The van der Waals surface area contributed by atoms with Crippen LogP contribution in [0, 0.1) is 17.0 Å². The molecule has 0 nitrogen and oxygen atoms in total. The second-order valence-electron chi connectivity index (χ2n) is 5.01. The van der Waals surface area contributed by atoms with Gasteiger partial charge >= 0.3 is 0 Å². The summed E-state index contributed by atoms with van der Waals surface area (Å²) in [5.74, 6) is -0.775. The molecule has 0 fully saturated rings. The van der Waals surface area contributed by atoms with E-state index in [2.05, 4.69) is 27.7 Å². The van der Waals surface area contributed by atoms with Crippen molar-refractivity contribution in [2.24, 2.45) is 5.41 Å². The Hall–Kier alpha value is -0.920. The molecule has 0 bridgehead atoms. The Morgan fingerprint density at radius 1 is 1.06 bits per heavy atom. The van der Waals surface area contributed by atoms with E-state index in [0.29, 0.717) is 0 Å². The van der Waals surface area contributed by atoms with Crippen molar-refractivity contribution >= 4 is 0 Å². The van der Waals surface area contributed by atoms with Crippen LogP contribution in [0.4, 0.5) is 8.78 Å². The van der Waals surface area contributed by atoms with Crippen molar-refractivity contribution in [2.75, 3.05) is 0 Å². The SMILES string of the molecule is CCC(c1cc(F)cc(F)c1)C(C)(C)CC. The summed E-state index contributed by atoms with van der Waals surface area (Å²) < 4.78 is 26.4. The first kappa shape index (κ1) is 13.1. The zero-order valence-electron chi connectivity index (χ0n) is 10.5. The van der Waals surface area contributed by atoms with Crippen LogP contribution in [0.2, 0.25) is 0 Å². The van der Waals surface area contributed by atoms with Crippen molar-refractivity contribution in [2.45, 2.75) is 46.5 Å². The van der Waals surface area contributed by atoms with Crippen LogP contribution in [-0.2, 0) is 0 Å². The summed E-state index contributed by atoms with van der Waals surface area (Å²) in [7, 11) is 0. The summed E-state index contributed by atoms with van der Waals surface area (Å²) >= 11 is 0. The number of hydrogen-bond acceptors (Lipinski definition) is 0. The molecule has 0 aliphatic heterocycles. The summed E-state index contributed by atoms with van der Waals surface area (Å²) in [6.07, 6.45) is 1.88. The van der Waals surface area contributed by atoms with Crippen molar-refractivity contribution in [1.29, 1.82) is 0 Å². The lowest BCUT2D eigenvalue weighted by molar-refractivity contribution is 0.266. The largest absolute Gasteiger partial charge is 0.207 e. The lowest BCUT2D eigenvalue weighted by Crippen LogP contribution is -2.21. The van der Waals surface area contributed by atoms with Crippen LogP contribution in [0.25, 0.3) is 0 Å². The zero-order chi connectivity index (χ0) is 12.3. The average Bonchev–Trinajstić information content (AvgIpc) is 2.16. The van der Waals surface area contributed by atoms with Gasteiger partial charge in [-0.05, 0) is 35.4 Å². The van der Waals surface area contributed by atoms with Crippen LogP contribution >= 0.6 is 0 Å². The number of halogens is 2. The highest BCUT2D eigenvalue weighted by Crippen LogP contribution is 2.40. The van der Waals surface area contributed by atoms with Gasteiger partial charge < -0.3 is 0 Å². The molecule has 0 heterocycles. The Bertz CT molecular complexity index is 336. The molecule has 1 aromatic rings. The van der Waals surface area contributed by atoms with E-state index in [1.54, 1.807) is 0 Å². The van der Waals surface area contributed by atoms with Crippen LogP contribution in [0.1, 0.15) is 52.0 Å². The molecule has 0 saturated carbocycles. The van der Waals surface area contributed by atoms with Crippen molar-refractivity contribution < 1.29 is 8.78 Å². The van der Waals surface area contributed by atoms with E-state index in [-0.39, 0.29) is 11.3 Å². The van der Waals surface area contributed by atoms with Gasteiger partial charge in [-0.25, -0.2) is 8.78 Å². The fourth-order valence-corrected chi connectivity index (χ4v) is 2.26. The molecular formula is C14H20F2. The summed E-state index contributed by atoms with van der Waals surface area (Å²) in [4.78, 5) is 0. The van der Waals surface area contributed by atoms with Crippen molar-refractivity contribution in [3.05, 3.63) is 35.4 Å². The first-order chi connectivity index (χ1) is 7.40. The molecule has 0 N–H and O–H groups in total. The maximum absolute atomic E-state index is 13.2. The number of hydrogen-bond donors (Lipinski definition) is 0. The van der Waals surface area contributed by atoms with E-state index in [9.17, 15) is 8.78 Å². The van der Waals surface area contributed by atoms with Gasteiger partial charge in [-0.2, -0.15) is 0 Å². The maximum atomic E-state index is 13.2. The van der Waals surface area contributed by atoms with Crippen molar-refractivity contribution in [3.63, 3.8) is 0 Å². The highest BCUT2D eigenvalue weighted by atomic mass is 19.1. The Labute approximate surface area is 96.7 Å². The molecule has 0 aliphatic carbocycles. The van der Waals surface area contributed by atoms with E-state index in [1.807, 2.05) is 0 Å². The Morgan fingerprint density at radius 2 is 1.56 bits per heavy atom. The fraction of sp³-hybridized carbons (Fsp3) is 0.571. The molecule has 0 amide bonds. The summed E-state index contributed by atoms with van der Waals surface area (Å²) in [6, 6.07) is 3.83. The van der Waals surface area contributed by atoms with Gasteiger partial charge in [-0.1, -0.05) is 34.1 Å². The second-order valence-corrected chi connectivity index (χ2v) is 5.01. The molecular weight excluding hydrogens is 206 g/mol. The third kappa shape index (κ3) is 2.81. The molecule has 1 unspecified atom stereocenters. The Kier molecular flexibility index (Phi) is 4.06. The van der Waals surface area contributed by atoms with Crippen LogP contribution in [-0.4, -0.2) is 0 Å². The van der Waals surface area contributed by atoms with Gasteiger partial charge in [0, 0.05) is 6.07 Å². The van der Waals surface area contributed by atoms with Gasteiger partial charge in [0.05, 0.1) is 0 Å². The highest BCUT2D eigenvalue weighted by Gasteiger charge is 2.28. The van der Waals surface area contributed by atoms with Crippen molar-refractivity contribution in [3.8, 4) is 0 Å². The lowest BCUT2D eigenvalue weighted by Gasteiger charge is -2.33. The van der Waals surface area contributed by atoms with Gasteiger partial charge in [0.25, 0.3) is 0 Å². The molecule has 90 valence electrons. The fourth-order valence-electron chi connectivity index (χ4n) is 2.26. The standard InChI is InChI=1S/C14H20F2/c1-5-13(14(3,4)6-2)10-7-11(15)9-12(16)8-10/h7-9,13H,5-6H2,1-4H3. The Balaban J connectivity index is 3.13. The normalized spacial score (nSPS) is 13.9. The summed E-state index contributed by atoms with van der Waals surface area (Å²) in [5.41, 5.74) is 0.835. The van der Waals surface area contributed by atoms with Gasteiger partial charge in [-0.3, -0.25) is 0 Å². The van der Waals surface area contributed by atoms with E-state index in [0.717, 1.165) is 24.5 Å². The molecule has 1 aromatic carbocycles. The number of benzene rings is 1. The molecule has 0 saturated heterocycles. The minimum absolute atomic E-state index is 0.0645. The van der Waals surface area contributed by atoms with E-state index in [1.165, 1.54) is 12.1 Å². The highest BCUT2D eigenvalue weighted by molar-refractivity contribution is 5.23. The minimum atomic E-state index is -0.486. The predicted molar refractivity (Wildman–Crippen MR) is 63.5 cm³/mol. The monoisotopic (exact) mass is 226 g/mol. The first-order valence-corrected chi connectivity index (χ1v) is 5.86. The third-order valence-corrected chi connectivity index (χ3v) is 3.55. The van der Waals surface area contributed by atoms with Crippen LogP contribution in [0.3, 0.4) is 0 Å². The van der Waals surface area contributed by atoms with Crippen LogP contribution in [0.5, 0.6) is 0 Å². The maximum Gasteiger partial charge on any atom is 0.126 e. The molecule has 0 aliphatic rings. The Morgan fingerprint density at radius 3 is 1.94 bits per heavy atom. The van der Waals surface area contributed by atoms with E-state index < -0.39 is 11.6 Å². The minimum Gasteiger partial charge on any atom is -0.207 e. The van der Waals surface area contributed by atoms with Gasteiger partial charge in [0.1, 0.15) is 11.6 Å². The summed E-state index contributed by atoms with van der Waals surface area (Å²) in [6.45, 7) is 8.46. The van der Waals surface area contributed by atoms with Crippen molar-refractivity contribution in [1.82, 2.24) is 0 Å². The number of rotatable bonds is 4. The summed E-state index contributed by atoms with van der Waals surface area (Å²) in [5, 5.41) is 0. The van der Waals surface area contributed by atoms with E-state index in [4.69, 9.17) is 0 Å². The van der Waals surface area contributed by atoms with Gasteiger partial charge in [-0.15, -0.1) is 0 Å². The van der Waals surface area contributed by atoms with Crippen LogP contribution < -0.4 is 0 Å². The molecule has 2 heteroatoms. The molecule has 1 rings (SSSR count). The van der Waals surface area contributed by atoms with Gasteiger partial charge in [0.15, 0.2) is 0 Å². The zero-order valence-corrected chi connectivity index (χ0v) is 10.5. The van der Waals surface area contributed by atoms with Crippen LogP contribution in [0.15, 0.2) is 18.2 Å². The predicted octanol–water partition coefficient (Wildman–Crippen LogP) is 4.89. The molecule has 0 aromatic heterocycles. The molecule has 16 heavy (non-hydrogen) atoms. The molecule has 0 spiro atoms. The first-order valence-electron chi connectivity index (χ1n) is 5.86. The lowest BCUT2D eigenvalue weighted by atomic mass is 9.72. The average molecular weight is 226 g/mol. The topological polar surface area (TPSA) is 0 Å². The molecule has 0 radical (unpaired) electrons. The second kappa shape index (κ2) is 4.94. The third-order valence-electron chi connectivity index (χ3n) is 3.55. The van der Waals surface area contributed by atoms with Gasteiger partial charge in [0.2, 0.25) is 0 Å². The van der Waals surface area contributed by atoms with E-state index >= 15 is 0 Å². The quantitative estimate of drug-likeness (QED) is 0.685.